The largest absolute Gasteiger partial charge is 0.380 e. The zero-order valence-corrected chi connectivity index (χ0v) is 13.4. The summed E-state index contributed by atoms with van der Waals surface area (Å²) in [6.07, 6.45) is 1.15. The fourth-order valence-corrected chi connectivity index (χ4v) is 4.31. The lowest BCUT2D eigenvalue weighted by molar-refractivity contribution is 0.0726. The molecular weight excluding hydrogens is 312 g/mol. The van der Waals surface area contributed by atoms with Gasteiger partial charge in [0.15, 0.2) is 0 Å². The van der Waals surface area contributed by atoms with Crippen molar-refractivity contribution in [1.29, 1.82) is 0 Å². The average Bonchev–Trinajstić information content (AvgIpc) is 3.10. The molecule has 2 aliphatic rings. The molecule has 0 aliphatic carbocycles. The molecule has 8 heteroatoms. The molecule has 2 atom stereocenters. The minimum Gasteiger partial charge on any atom is -0.380 e. The third-order valence-corrected chi connectivity index (χ3v) is 5.75. The molecule has 3 heterocycles. The number of carbonyl (C=O) groups is 1. The second-order valence-electron chi connectivity index (χ2n) is 5.83. The number of fused-ring (bicyclic) bond motifs is 1. The standard InChI is InChI=1S/C13H18N2O4S2/c1-21(17,18)14-7-13-8-15(5-10(13)6-19-9-13)12(16)11-3-2-4-20-11/h2-4,10,14H,5-9H2,1H3/t10-,13+/m0/s1. The maximum atomic E-state index is 12.4. The fraction of sp³-hybridized carbons (Fsp3) is 0.615. The topological polar surface area (TPSA) is 75.7 Å². The molecule has 0 bridgehead atoms. The molecule has 2 fully saturated rings. The molecule has 0 unspecified atom stereocenters. The van der Waals surface area contributed by atoms with Crippen molar-refractivity contribution in [3.63, 3.8) is 0 Å². The van der Waals surface area contributed by atoms with Gasteiger partial charge in [-0.2, -0.15) is 0 Å². The van der Waals surface area contributed by atoms with Crippen LogP contribution in [0, 0.1) is 11.3 Å². The van der Waals surface area contributed by atoms with Gasteiger partial charge in [0.05, 0.1) is 24.3 Å². The summed E-state index contributed by atoms with van der Waals surface area (Å²) in [5.74, 6) is 0.216. The molecule has 0 aromatic carbocycles. The van der Waals surface area contributed by atoms with Crippen LogP contribution in [0.25, 0.3) is 0 Å². The highest BCUT2D eigenvalue weighted by molar-refractivity contribution is 7.88. The first-order valence-electron chi connectivity index (χ1n) is 6.75. The minimum atomic E-state index is -3.24. The van der Waals surface area contributed by atoms with Gasteiger partial charge in [0, 0.05) is 31.0 Å². The number of rotatable bonds is 4. The molecular formula is C13H18N2O4S2. The van der Waals surface area contributed by atoms with E-state index in [1.165, 1.54) is 11.3 Å². The number of hydrogen-bond acceptors (Lipinski definition) is 5. The first kappa shape index (κ1) is 15.0. The molecule has 1 aromatic heterocycles. The number of carbonyl (C=O) groups excluding carboxylic acids is 1. The van der Waals surface area contributed by atoms with E-state index in [1.807, 2.05) is 22.4 Å². The van der Waals surface area contributed by atoms with Crippen LogP contribution in [0.5, 0.6) is 0 Å². The Kier molecular flexibility index (Phi) is 3.81. The molecule has 0 radical (unpaired) electrons. The molecule has 6 nitrogen and oxygen atoms in total. The number of likely N-dealkylation sites (tertiary alicyclic amines) is 1. The van der Waals surface area contributed by atoms with Gasteiger partial charge in [0.1, 0.15) is 0 Å². The van der Waals surface area contributed by atoms with Crippen LogP contribution in [0.1, 0.15) is 9.67 Å². The van der Waals surface area contributed by atoms with Crippen molar-refractivity contribution in [2.24, 2.45) is 11.3 Å². The molecule has 116 valence electrons. The summed E-state index contributed by atoms with van der Waals surface area (Å²) in [6, 6.07) is 3.68. The van der Waals surface area contributed by atoms with Crippen molar-refractivity contribution < 1.29 is 17.9 Å². The van der Waals surface area contributed by atoms with Crippen LogP contribution in [0.15, 0.2) is 17.5 Å². The van der Waals surface area contributed by atoms with Gasteiger partial charge in [-0.1, -0.05) is 6.07 Å². The van der Waals surface area contributed by atoms with E-state index in [9.17, 15) is 13.2 Å². The van der Waals surface area contributed by atoms with Gasteiger partial charge >= 0.3 is 0 Å². The Morgan fingerprint density at radius 3 is 3.10 bits per heavy atom. The maximum Gasteiger partial charge on any atom is 0.263 e. The molecule has 0 saturated carbocycles. The van der Waals surface area contributed by atoms with Crippen LogP contribution >= 0.6 is 11.3 Å². The minimum absolute atomic E-state index is 0.0260. The highest BCUT2D eigenvalue weighted by Gasteiger charge is 2.52. The number of sulfonamides is 1. The van der Waals surface area contributed by atoms with Crippen molar-refractivity contribution in [3.05, 3.63) is 22.4 Å². The van der Waals surface area contributed by atoms with Crippen molar-refractivity contribution in [2.75, 3.05) is 39.1 Å². The fourth-order valence-electron chi connectivity index (χ4n) is 3.07. The smallest absolute Gasteiger partial charge is 0.263 e. The molecule has 1 N–H and O–H groups in total. The molecule has 2 aliphatic heterocycles. The van der Waals surface area contributed by atoms with E-state index < -0.39 is 10.0 Å². The number of hydrogen-bond donors (Lipinski definition) is 1. The summed E-state index contributed by atoms with van der Waals surface area (Å²) in [4.78, 5) is 15.0. The van der Waals surface area contributed by atoms with E-state index in [-0.39, 0.29) is 17.2 Å². The lowest BCUT2D eigenvalue weighted by atomic mass is 9.81. The summed E-state index contributed by atoms with van der Waals surface area (Å²) in [7, 11) is -3.24. The van der Waals surface area contributed by atoms with Crippen molar-refractivity contribution in [1.82, 2.24) is 9.62 Å². The molecule has 21 heavy (non-hydrogen) atoms. The number of nitrogens with zero attached hydrogens (tertiary/aromatic N) is 1. The van der Waals surface area contributed by atoms with Gasteiger partial charge < -0.3 is 9.64 Å². The Labute approximate surface area is 128 Å². The summed E-state index contributed by atoms with van der Waals surface area (Å²) in [5, 5.41) is 1.88. The van der Waals surface area contributed by atoms with Gasteiger partial charge in [-0.05, 0) is 11.4 Å². The van der Waals surface area contributed by atoms with Crippen LogP contribution in [-0.2, 0) is 14.8 Å². The number of amides is 1. The second kappa shape index (κ2) is 5.35. The normalized spacial score (nSPS) is 28.8. The first-order chi connectivity index (χ1) is 9.90. The Balaban J connectivity index is 1.74. The van der Waals surface area contributed by atoms with Crippen LogP contribution in [-0.4, -0.2) is 58.3 Å². The zero-order valence-electron chi connectivity index (χ0n) is 11.7. The summed E-state index contributed by atoms with van der Waals surface area (Å²) in [5.41, 5.74) is -0.296. The van der Waals surface area contributed by atoms with Gasteiger partial charge in [-0.25, -0.2) is 13.1 Å². The highest BCUT2D eigenvalue weighted by atomic mass is 32.2. The van der Waals surface area contributed by atoms with Gasteiger partial charge in [0.2, 0.25) is 10.0 Å². The monoisotopic (exact) mass is 330 g/mol. The predicted octanol–water partition coefficient (Wildman–Crippen LogP) is 0.386. The van der Waals surface area contributed by atoms with E-state index in [2.05, 4.69) is 4.72 Å². The quantitative estimate of drug-likeness (QED) is 0.866. The van der Waals surface area contributed by atoms with Crippen molar-refractivity contribution in [2.45, 2.75) is 0 Å². The Morgan fingerprint density at radius 1 is 1.62 bits per heavy atom. The predicted molar refractivity (Wildman–Crippen MR) is 79.8 cm³/mol. The Morgan fingerprint density at radius 2 is 2.43 bits per heavy atom. The number of nitrogens with one attached hydrogen (secondary N) is 1. The van der Waals surface area contributed by atoms with Gasteiger partial charge in [0.25, 0.3) is 5.91 Å². The molecule has 1 amide bonds. The van der Waals surface area contributed by atoms with Gasteiger partial charge in [-0.15, -0.1) is 11.3 Å². The average molecular weight is 330 g/mol. The van der Waals surface area contributed by atoms with E-state index in [4.69, 9.17) is 4.74 Å². The second-order valence-corrected chi connectivity index (χ2v) is 8.61. The lowest BCUT2D eigenvalue weighted by Crippen LogP contribution is -2.43. The number of thiophene rings is 1. The number of ether oxygens (including phenoxy) is 1. The van der Waals surface area contributed by atoms with Crippen LogP contribution in [0.4, 0.5) is 0 Å². The molecule has 0 spiro atoms. The van der Waals surface area contributed by atoms with E-state index in [1.54, 1.807) is 0 Å². The van der Waals surface area contributed by atoms with Gasteiger partial charge in [-0.3, -0.25) is 4.79 Å². The third kappa shape index (κ3) is 2.98. The zero-order chi connectivity index (χ0) is 15.1. The first-order valence-corrected chi connectivity index (χ1v) is 9.52. The summed E-state index contributed by atoms with van der Waals surface area (Å²) in [6.45, 7) is 2.57. The summed E-state index contributed by atoms with van der Waals surface area (Å²) >= 11 is 1.43. The van der Waals surface area contributed by atoms with Crippen LogP contribution in [0.2, 0.25) is 0 Å². The molecule has 3 rings (SSSR count). The molecule has 2 saturated heterocycles. The van der Waals surface area contributed by atoms with E-state index >= 15 is 0 Å². The van der Waals surface area contributed by atoms with Crippen molar-refractivity contribution in [3.8, 4) is 0 Å². The SMILES string of the molecule is CS(=O)(=O)NC[C@@]12COC[C@@H]1CN(C(=O)c1cccs1)C2. The maximum absolute atomic E-state index is 12.4. The Bertz CT molecular complexity index is 629. The highest BCUT2D eigenvalue weighted by Crippen LogP contribution is 2.41. The summed E-state index contributed by atoms with van der Waals surface area (Å²) < 4.78 is 30.8. The third-order valence-electron chi connectivity index (χ3n) is 4.23. The molecule has 1 aromatic rings. The van der Waals surface area contributed by atoms with E-state index in [0.717, 1.165) is 11.1 Å². The lowest BCUT2D eigenvalue weighted by Gasteiger charge is -2.26. The van der Waals surface area contributed by atoms with Crippen LogP contribution < -0.4 is 4.72 Å². The Hall–Kier alpha value is -0.960. The van der Waals surface area contributed by atoms with Crippen molar-refractivity contribution >= 4 is 27.3 Å². The van der Waals surface area contributed by atoms with Crippen LogP contribution in [0.3, 0.4) is 0 Å². The van der Waals surface area contributed by atoms with E-state index in [0.29, 0.717) is 32.8 Å².